The normalized spacial score (nSPS) is 17.1. The molecule has 5 heteroatoms. The fourth-order valence-electron chi connectivity index (χ4n) is 2.25. The molecule has 1 aliphatic rings. The smallest absolute Gasteiger partial charge is 0.233 e. The van der Waals surface area contributed by atoms with Gasteiger partial charge in [0.25, 0.3) is 0 Å². The van der Waals surface area contributed by atoms with Gasteiger partial charge in [0, 0.05) is 12.6 Å². The standard InChI is InChI=1S/C11H21N3OS/c1-2-14(9-6-4-3-5-7-9)10(15)8-16-11(12)13/h9H,2-8H2,1H3,(H3,12,13). The number of nitrogens with one attached hydrogen (secondary N) is 1. The highest BCUT2D eigenvalue weighted by Crippen LogP contribution is 2.23. The topological polar surface area (TPSA) is 70.2 Å². The number of carbonyl (C=O) groups is 1. The number of nitrogens with two attached hydrogens (primary N) is 1. The highest BCUT2D eigenvalue weighted by atomic mass is 32.2. The largest absolute Gasteiger partial charge is 0.379 e. The second-order valence-electron chi connectivity index (χ2n) is 4.12. The molecular formula is C11H21N3OS. The molecule has 0 aromatic carbocycles. The highest BCUT2D eigenvalue weighted by molar-refractivity contribution is 8.14. The van der Waals surface area contributed by atoms with Crippen LogP contribution in [0.1, 0.15) is 39.0 Å². The predicted molar refractivity (Wildman–Crippen MR) is 68.6 cm³/mol. The molecule has 0 aromatic heterocycles. The van der Waals surface area contributed by atoms with Crippen molar-refractivity contribution < 1.29 is 4.79 Å². The van der Waals surface area contributed by atoms with E-state index in [1.165, 1.54) is 19.3 Å². The quantitative estimate of drug-likeness (QED) is 0.584. The van der Waals surface area contributed by atoms with Crippen LogP contribution in [0.15, 0.2) is 0 Å². The van der Waals surface area contributed by atoms with Crippen molar-refractivity contribution in [3.8, 4) is 0 Å². The monoisotopic (exact) mass is 243 g/mol. The van der Waals surface area contributed by atoms with E-state index in [1.54, 1.807) is 0 Å². The number of thioether (sulfide) groups is 1. The van der Waals surface area contributed by atoms with E-state index < -0.39 is 0 Å². The third kappa shape index (κ3) is 4.04. The number of hydrogen-bond donors (Lipinski definition) is 2. The van der Waals surface area contributed by atoms with Gasteiger partial charge in [-0.1, -0.05) is 31.0 Å². The lowest BCUT2D eigenvalue weighted by molar-refractivity contribution is -0.131. The van der Waals surface area contributed by atoms with E-state index in [0.717, 1.165) is 31.1 Å². The molecule has 0 radical (unpaired) electrons. The van der Waals surface area contributed by atoms with Gasteiger partial charge >= 0.3 is 0 Å². The summed E-state index contributed by atoms with van der Waals surface area (Å²) in [4.78, 5) is 13.9. The average Bonchev–Trinajstić information content (AvgIpc) is 2.29. The summed E-state index contributed by atoms with van der Waals surface area (Å²) in [6, 6.07) is 0.416. The van der Waals surface area contributed by atoms with E-state index >= 15 is 0 Å². The number of rotatable bonds is 4. The molecule has 1 aliphatic carbocycles. The first-order chi connectivity index (χ1) is 7.65. The van der Waals surface area contributed by atoms with E-state index in [1.807, 2.05) is 11.8 Å². The van der Waals surface area contributed by atoms with Crippen LogP contribution in [0, 0.1) is 5.41 Å². The van der Waals surface area contributed by atoms with Crippen LogP contribution in [-0.2, 0) is 4.79 Å². The molecule has 1 fully saturated rings. The SMILES string of the molecule is CCN(C(=O)CSC(=N)N)C1CCCCC1. The van der Waals surface area contributed by atoms with Crippen LogP contribution in [0.3, 0.4) is 0 Å². The molecule has 0 aromatic rings. The van der Waals surface area contributed by atoms with Crippen LogP contribution in [0.5, 0.6) is 0 Å². The summed E-state index contributed by atoms with van der Waals surface area (Å²) >= 11 is 1.12. The molecule has 16 heavy (non-hydrogen) atoms. The summed E-state index contributed by atoms with van der Waals surface area (Å²) < 4.78 is 0. The summed E-state index contributed by atoms with van der Waals surface area (Å²) in [5, 5.41) is 7.12. The van der Waals surface area contributed by atoms with Gasteiger partial charge in [-0.05, 0) is 19.8 Å². The summed E-state index contributed by atoms with van der Waals surface area (Å²) in [7, 11) is 0. The van der Waals surface area contributed by atoms with Crippen molar-refractivity contribution in [1.29, 1.82) is 5.41 Å². The number of carbonyl (C=O) groups excluding carboxylic acids is 1. The van der Waals surface area contributed by atoms with Gasteiger partial charge in [0.05, 0.1) is 5.75 Å². The van der Waals surface area contributed by atoms with E-state index in [4.69, 9.17) is 11.1 Å². The fourth-order valence-corrected chi connectivity index (χ4v) is 2.70. The van der Waals surface area contributed by atoms with Gasteiger partial charge in [-0.2, -0.15) is 0 Å². The minimum Gasteiger partial charge on any atom is -0.379 e. The van der Waals surface area contributed by atoms with Gasteiger partial charge in [-0.25, -0.2) is 0 Å². The molecule has 92 valence electrons. The van der Waals surface area contributed by atoms with Crippen LogP contribution >= 0.6 is 11.8 Å². The first kappa shape index (κ1) is 13.4. The highest BCUT2D eigenvalue weighted by Gasteiger charge is 2.23. The lowest BCUT2D eigenvalue weighted by Gasteiger charge is -2.33. The zero-order chi connectivity index (χ0) is 12.0. The van der Waals surface area contributed by atoms with Crippen molar-refractivity contribution in [2.75, 3.05) is 12.3 Å². The van der Waals surface area contributed by atoms with E-state index in [0.29, 0.717) is 11.8 Å². The van der Waals surface area contributed by atoms with Gasteiger partial charge in [0.15, 0.2) is 5.17 Å². The zero-order valence-corrected chi connectivity index (χ0v) is 10.7. The van der Waals surface area contributed by atoms with Crippen LogP contribution in [0.2, 0.25) is 0 Å². The molecule has 4 nitrogen and oxygen atoms in total. The third-order valence-corrected chi connectivity index (χ3v) is 3.73. The second-order valence-corrected chi connectivity index (χ2v) is 5.14. The van der Waals surface area contributed by atoms with Crippen LogP contribution in [0.4, 0.5) is 0 Å². The lowest BCUT2D eigenvalue weighted by Crippen LogP contribution is -2.42. The Kier molecular flexibility index (Phi) is 5.66. The molecule has 0 atom stereocenters. The van der Waals surface area contributed by atoms with E-state index in [-0.39, 0.29) is 11.1 Å². The Balaban J connectivity index is 2.44. The van der Waals surface area contributed by atoms with Gasteiger partial charge in [0.1, 0.15) is 0 Å². The molecule has 0 saturated heterocycles. The second kappa shape index (κ2) is 6.78. The molecule has 0 aliphatic heterocycles. The van der Waals surface area contributed by atoms with Crippen molar-refractivity contribution >= 4 is 22.8 Å². The van der Waals surface area contributed by atoms with E-state index in [9.17, 15) is 4.79 Å². The minimum atomic E-state index is 0.0213. The summed E-state index contributed by atoms with van der Waals surface area (Å²) in [6.45, 7) is 2.78. The maximum Gasteiger partial charge on any atom is 0.233 e. The number of amides is 1. The minimum absolute atomic E-state index is 0.0213. The van der Waals surface area contributed by atoms with Gasteiger partial charge < -0.3 is 10.6 Å². The molecule has 1 amide bonds. The Hall–Kier alpha value is -0.710. The maximum atomic E-state index is 11.9. The van der Waals surface area contributed by atoms with Gasteiger partial charge in [-0.3, -0.25) is 10.2 Å². The van der Waals surface area contributed by atoms with Crippen molar-refractivity contribution in [2.24, 2.45) is 5.73 Å². The number of hydrogen-bond acceptors (Lipinski definition) is 3. The van der Waals surface area contributed by atoms with Crippen LogP contribution in [-0.4, -0.2) is 34.3 Å². The Morgan fingerprint density at radius 2 is 2.06 bits per heavy atom. The van der Waals surface area contributed by atoms with Crippen LogP contribution in [0.25, 0.3) is 0 Å². The molecule has 1 rings (SSSR count). The van der Waals surface area contributed by atoms with E-state index in [2.05, 4.69) is 0 Å². The average molecular weight is 243 g/mol. The number of amidine groups is 1. The molecule has 0 spiro atoms. The Morgan fingerprint density at radius 3 is 2.56 bits per heavy atom. The van der Waals surface area contributed by atoms with Crippen molar-refractivity contribution in [2.45, 2.75) is 45.1 Å². The van der Waals surface area contributed by atoms with Crippen LogP contribution < -0.4 is 5.73 Å². The molecule has 3 N–H and O–H groups in total. The first-order valence-corrected chi connectivity index (χ1v) is 6.90. The fraction of sp³-hybridized carbons (Fsp3) is 0.818. The Morgan fingerprint density at radius 1 is 1.44 bits per heavy atom. The molecule has 1 saturated carbocycles. The third-order valence-electron chi connectivity index (χ3n) is 3.03. The molecular weight excluding hydrogens is 222 g/mol. The number of nitrogens with zero attached hydrogens (tertiary/aromatic N) is 1. The van der Waals surface area contributed by atoms with Gasteiger partial charge in [-0.15, -0.1) is 0 Å². The van der Waals surface area contributed by atoms with Crippen molar-refractivity contribution in [3.05, 3.63) is 0 Å². The maximum absolute atomic E-state index is 11.9. The zero-order valence-electron chi connectivity index (χ0n) is 9.87. The summed E-state index contributed by atoms with van der Waals surface area (Å²) in [5.41, 5.74) is 5.24. The summed E-state index contributed by atoms with van der Waals surface area (Å²) in [6.07, 6.45) is 6.02. The molecule has 0 bridgehead atoms. The first-order valence-electron chi connectivity index (χ1n) is 5.91. The Labute approximate surface area is 101 Å². The van der Waals surface area contributed by atoms with Crippen molar-refractivity contribution in [1.82, 2.24) is 4.90 Å². The van der Waals surface area contributed by atoms with Crippen molar-refractivity contribution in [3.63, 3.8) is 0 Å². The molecule has 0 heterocycles. The summed E-state index contributed by atoms with van der Waals surface area (Å²) in [5.74, 6) is 0.425. The van der Waals surface area contributed by atoms with Gasteiger partial charge in [0.2, 0.25) is 5.91 Å². The lowest BCUT2D eigenvalue weighted by atomic mass is 9.94. The Bertz CT molecular complexity index is 252. The predicted octanol–water partition coefficient (Wildman–Crippen LogP) is 1.79. The molecule has 0 unspecified atom stereocenters.